The third kappa shape index (κ3) is 8.05. The molecule has 1 aliphatic rings. The highest BCUT2D eigenvalue weighted by Gasteiger charge is 2.30. The Kier molecular flexibility index (Phi) is 10.8. The molecular weight excluding hydrogens is 490 g/mol. The van der Waals surface area contributed by atoms with Crippen molar-refractivity contribution in [3.63, 3.8) is 0 Å². The molecule has 0 aliphatic carbocycles. The quantitative estimate of drug-likeness (QED) is 0.341. The first-order valence-corrected chi connectivity index (χ1v) is 14.9. The first-order chi connectivity index (χ1) is 16.4. The van der Waals surface area contributed by atoms with Crippen LogP contribution in [0.3, 0.4) is 0 Å². The fraction of sp³-hybridized carbons (Fsp3) is 0.560. The molecule has 1 aromatic heterocycles. The molecular formula is C25H36ClN3O3S2. The molecule has 0 bridgehead atoms. The lowest BCUT2D eigenvalue weighted by molar-refractivity contribution is 0.0951. The first kappa shape index (κ1) is 27.1. The largest absolute Gasteiger partial charge is 0.347 e. The van der Waals surface area contributed by atoms with Crippen molar-refractivity contribution in [1.29, 1.82) is 0 Å². The van der Waals surface area contributed by atoms with E-state index in [1.54, 1.807) is 40.7 Å². The molecule has 6 nitrogen and oxygen atoms in total. The fourth-order valence-electron chi connectivity index (χ4n) is 4.10. The van der Waals surface area contributed by atoms with Crippen molar-refractivity contribution in [2.75, 3.05) is 19.6 Å². The Labute approximate surface area is 213 Å². The van der Waals surface area contributed by atoms with Gasteiger partial charge < -0.3 is 10.6 Å². The third-order valence-corrected chi connectivity index (χ3v) is 9.88. The maximum absolute atomic E-state index is 13.1. The Morgan fingerprint density at radius 3 is 2.41 bits per heavy atom. The molecule has 9 heteroatoms. The standard InChI is InChI=1S/C25H36ClN3O3S2/c1-2-3-4-5-6-7-16-27-22-14-17-29(18-15-22)34(31,32)24-13-12-23(33-24)19-28-25(30)20-8-10-21(26)11-9-20/h8-13,22,27H,2-7,14-19H2,1H3,(H,28,30). The Hall–Kier alpha value is -1.45. The van der Waals surface area contributed by atoms with E-state index >= 15 is 0 Å². The summed E-state index contributed by atoms with van der Waals surface area (Å²) in [6, 6.07) is 10.5. The summed E-state index contributed by atoms with van der Waals surface area (Å²) >= 11 is 7.08. The third-order valence-electron chi connectivity index (χ3n) is 6.18. The van der Waals surface area contributed by atoms with Crippen LogP contribution in [0.1, 0.15) is 73.5 Å². The number of carbonyl (C=O) groups excluding carboxylic acids is 1. The lowest BCUT2D eigenvalue weighted by Crippen LogP contribution is -2.44. The molecule has 2 N–H and O–H groups in total. The Morgan fingerprint density at radius 2 is 1.71 bits per heavy atom. The molecule has 0 unspecified atom stereocenters. The SMILES string of the molecule is CCCCCCCCNC1CCN(S(=O)(=O)c2ccc(CNC(=O)c3ccc(Cl)cc3)s2)CC1. The molecule has 0 spiro atoms. The lowest BCUT2D eigenvalue weighted by Gasteiger charge is -2.31. The van der Waals surface area contributed by atoms with Gasteiger partial charge in [-0.15, -0.1) is 11.3 Å². The van der Waals surface area contributed by atoms with Gasteiger partial charge in [0.05, 0.1) is 6.54 Å². The van der Waals surface area contributed by atoms with Crippen molar-refractivity contribution in [3.8, 4) is 0 Å². The highest BCUT2D eigenvalue weighted by atomic mass is 35.5. The summed E-state index contributed by atoms with van der Waals surface area (Å²) in [7, 11) is -3.50. The predicted octanol–water partition coefficient (Wildman–Crippen LogP) is 5.43. The molecule has 0 atom stereocenters. The second kappa shape index (κ2) is 13.6. The summed E-state index contributed by atoms with van der Waals surface area (Å²) in [5.41, 5.74) is 0.516. The number of amides is 1. The number of benzene rings is 1. The average Bonchev–Trinajstić information content (AvgIpc) is 3.33. The van der Waals surface area contributed by atoms with E-state index in [9.17, 15) is 13.2 Å². The summed E-state index contributed by atoms with van der Waals surface area (Å²) in [6.45, 7) is 4.61. The van der Waals surface area contributed by atoms with E-state index < -0.39 is 10.0 Å². The minimum atomic E-state index is -3.50. The van der Waals surface area contributed by atoms with Crippen LogP contribution in [-0.2, 0) is 16.6 Å². The summed E-state index contributed by atoms with van der Waals surface area (Å²) < 4.78 is 28.1. The summed E-state index contributed by atoms with van der Waals surface area (Å²) in [5.74, 6) is -0.218. The number of piperidine rings is 1. The average molecular weight is 526 g/mol. The maximum Gasteiger partial charge on any atom is 0.252 e. The van der Waals surface area contributed by atoms with E-state index in [1.165, 1.54) is 49.9 Å². The van der Waals surface area contributed by atoms with Gasteiger partial charge in [-0.05, 0) is 62.2 Å². The van der Waals surface area contributed by atoms with Gasteiger partial charge in [0.25, 0.3) is 15.9 Å². The van der Waals surface area contributed by atoms with Crippen LogP contribution in [0.2, 0.25) is 5.02 Å². The minimum absolute atomic E-state index is 0.218. The molecule has 1 aliphatic heterocycles. The molecule has 0 saturated carbocycles. The molecule has 2 aromatic rings. The monoisotopic (exact) mass is 525 g/mol. The van der Waals surface area contributed by atoms with Crippen molar-refractivity contribution in [2.45, 2.75) is 75.1 Å². The Balaban J connectivity index is 1.41. The predicted molar refractivity (Wildman–Crippen MR) is 140 cm³/mol. The van der Waals surface area contributed by atoms with Crippen LogP contribution < -0.4 is 10.6 Å². The summed E-state index contributed by atoms with van der Waals surface area (Å²) in [5, 5.41) is 7.01. The first-order valence-electron chi connectivity index (χ1n) is 12.3. The minimum Gasteiger partial charge on any atom is -0.347 e. The molecule has 34 heavy (non-hydrogen) atoms. The van der Waals surface area contributed by atoms with Crippen molar-refractivity contribution >= 4 is 38.9 Å². The van der Waals surface area contributed by atoms with Gasteiger partial charge in [0.1, 0.15) is 4.21 Å². The van der Waals surface area contributed by atoms with Gasteiger partial charge in [0.15, 0.2) is 0 Å². The topological polar surface area (TPSA) is 78.5 Å². The van der Waals surface area contributed by atoms with Gasteiger partial charge in [-0.25, -0.2) is 8.42 Å². The molecule has 1 amide bonds. The van der Waals surface area contributed by atoms with E-state index in [0.717, 1.165) is 24.3 Å². The normalized spacial score (nSPS) is 15.5. The van der Waals surface area contributed by atoms with Crippen LogP contribution in [0, 0.1) is 0 Å². The molecule has 2 heterocycles. The molecule has 1 saturated heterocycles. The van der Waals surface area contributed by atoms with Gasteiger partial charge in [0, 0.05) is 34.6 Å². The van der Waals surface area contributed by atoms with Crippen LogP contribution in [0.4, 0.5) is 0 Å². The number of halogens is 1. The number of rotatable bonds is 13. The summed E-state index contributed by atoms with van der Waals surface area (Å²) in [4.78, 5) is 13.1. The highest BCUT2D eigenvalue weighted by Crippen LogP contribution is 2.27. The molecule has 1 fully saturated rings. The number of nitrogens with one attached hydrogen (secondary N) is 2. The van der Waals surface area contributed by atoms with Gasteiger partial charge >= 0.3 is 0 Å². The van der Waals surface area contributed by atoms with E-state index in [0.29, 0.717) is 33.9 Å². The van der Waals surface area contributed by atoms with Crippen LogP contribution in [0.15, 0.2) is 40.6 Å². The van der Waals surface area contributed by atoms with Gasteiger partial charge in [-0.1, -0.05) is 50.6 Å². The van der Waals surface area contributed by atoms with E-state index in [2.05, 4.69) is 17.6 Å². The zero-order chi connectivity index (χ0) is 24.4. The lowest BCUT2D eigenvalue weighted by atomic mass is 10.1. The van der Waals surface area contributed by atoms with Gasteiger partial charge in [0.2, 0.25) is 0 Å². The molecule has 1 aromatic carbocycles. The van der Waals surface area contributed by atoms with Crippen LogP contribution in [0.5, 0.6) is 0 Å². The summed E-state index contributed by atoms with van der Waals surface area (Å²) in [6.07, 6.45) is 9.36. The Morgan fingerprint density at radius 1 is 1.03 bits per heavy atom. The second-order valence-electron chi connectivity index (χ2n) is 8.81. The zero-order valence-electron chi connectivity index (χ0n) is 19.9. The van der Waals surface area contributed by atoms with E-state index in [-0.39, 0.29) is 12.5 Å². The number of carbonyl (C=O) groups is 1. The maximum atomic E-state index is 13.1. The van der Waals surface area contributed by atoms with E-state index in [4.69, 9.17) is 11.6 Å². The number of sulfonamides is 1. The molecule has 0 radical (unpaired) electrons. The van der Waals surface area contributed by atoms with Gasteiger partial charge in [-0.2, -0.15) is 4.31 Å². The number of unbranched alkanes of at least 4 members (excludes halogenated alkanes) is 5. The highest BCUT2D eigenvalue weighted by molar-refractivity contribution is 7.91. The second-order valence-corrected chi connectivity index (χ2v) is 12.6. The molecule has 188 valence electrons. The Bertz CT molecular complexity index is 1000. The number of hydrogen-bond donors (Lipinski definition) is 2. The smallest absolute Gasteiger partial charge is 0.252 e. The van der Waals surface area contributed by atoms with Crippen molar-refractivity contribution in [2.24, 2.45) is 0 Å². The van der Waals surface area contributed by atoms with Crippen molar-refractivity contribution in [3.05, 3.63) is 51.9 Å². The van der Waals surface area contributed by atoms with Crippen LogP contribution in [-0.4, -0.2) is 44.3 Å². The number of hydrogen-bond acceptors (Lipinski definition) is 5. The van der Waals surface area contributed by atoms with E-state index in [1.807, 2.05) is 0 Å². The van der Waals surface area contributed by atoms with Crippen LogP contribution >= 0.6 is 22.9 Å². The number of nitrogens with zero attached hydrogens (tertiary/aromatic N) is 1. The van der Waals surface area contributed by atoms with Crippen molar-refractivity contribution in [1.82, 2.24) is 14.9 Å². The van der Waals surface area contributed by atoms with Crippen LogP contribution in [0.25, 0.3) is 0 Å². The number of thiophene rings is 1. The zero-order valence-corrected chi connectivity index (χ0v) is 22.3. The molecule has 3 rings (SSSR count). The van der Waals surface area contributed by atoms with Crippen molar-refractivity contribution < 1.29 is 13.2 Å². The fourth-order valence-corrected chi connectivity index (χ4v) is 7.15. The van der Waals surface area contributed by atoms with Gasteiger partial charge in [-0.3, -0.25) is 4.79 Å².